The molecule has 0 amide bonds. The molecule has 0 spiro atoms. The van der Waals surface area contributed by atoms with E-state index in [4.69, 9.17) is 20.8 Å². The molecule has 2 atom stereocenters. The van der Waals surface area contributed by atoms with Crippen molar-refractivity contribution in [1.82, 2.24) is 0 Å². The summed E-state index contributed by atoms with van der Waals surface area (Å²) in [5.74, 6) is -0.555. The SMILES string of the molecule is CCOC(=O)C(C(Sc1ccc(Cl)cc1)c1ccco1)[N+](=O)[O-]. The Hall–Kier alpha value is -1.99. The number of ether oxygens (including phenoxy) is 1. The highest BCUT2D eigenvalue weighted by Crippen LogP contribution is 2.39. The zero-order valence-electron chi connectivity index (χ0n) is 12.2. The van der Waals surface area contributed by atoms with Gasteiger partial charge < -0.3 is 9.15 Å². The summed E-state index contributed by atoms with van der Waals surface area (Å²) in [4.78, 5) is 23.5. The summed E-state index contributed by atoms with van der Waals surface area (Å²) in [6.45, 7) is 1.67. The van der Waals surface area contributed by atoms with Crippen LogP contribution >= 0.6 is 23.4 Å². The average molecular weight is 356 g/mol. The number of esters is 1. The maximum absolute atomic E-state index is 12.0. The lowest BCUT2D eigenvalue weighted by Gasteiger charge is -2.17. The minimum Gasteiger partial charge on any atom is -0.468 e. The molecule has 0 aliphatic heterocycles. The lowest BCUT2D eigenvalue weighted by atomic mass is 10.1. The molecule has 0 bridgehead atoms. The number of nitrogens with zero attached hydrogens (tertiary/aromatic N) is 1. The zero-order chi connectivity index (χ0) is 16.8. The topological polar surface area (TPSA) is 82.6 Å². The van der Waals surface area contributed by atoms with Crippen molar-refractivity contribution in [2.45, 2.75) is 23.1 Å². The fourth-order valence-electron chi connectivity index (χ4n) is 1.94. The van der Waals surface area contributed by atoms with Gasteiger partial charge >= 0.3 is 12.0 Å². The van der Waals surface area contributed by atoms with Gasteiger partial charge in [0.05, 0.1) is 12.9 Å². The van der Waals surface area contributed by atoms with Crippen LogP contribution in [0.4, 0.5) is 0 Å². The van der Waals surface area contributed by atoms with Crippen LogP contribution in [0.1, 0.15) is 17.9 Å². The predicted molar refractivity (Wildman–Crippen MR) is 86.2 cm³/mol. The molecule has 23 heavy (non-hydrogen) atoms. The predicted octanol–water partition coefficient (Wildman–Crippen LogP) is 3.97. The van der Waals surface area contributed by atoms with Gasteiger partial charge in [0.25, 0.3) is 0 Å². The van der Waals surface area contributed by atoms with Gasteiger partial charge in [-0.15, -0.1) is 11.8 Å². The Labute approximate surface area is 141 Å². The molecule has 0 radical (unpaired) electrons. The van der Waals surface area contributed by atoms with E-state index in [2.05, 4.69) is 0 Å². The lowest BCUT2D eigenvalue weighted by Crippen LogP contribution is -2.36. The fraction of sp³-hybridized carbons (Fsp3) is 0.267. The second kappa shape index (κ2) is 8.03. The molecule has 2 unspecified atom stereocenters. The largest absolute Gasteiger partial charge is 0.468 e. The standard InChI is InChI=1S/C15H14ClNO5S/c1-2-21-15(18)13(17(19)20)14(12-4-3-9-22-12)23-11-7-5-10(16)6-8-11/h3-9,13-14H,2H2,1H3. The summed E-state index contributed by atoms with van der Waals surface area (Å²) in [6, 6.07) is 8.46. The lowest BCUT2D eigenvalue weighted by molar-refractivity contribution is -0.511. The molecule has 0 saturated carbocycles. The van der Waals surface area contributed by atoms with Gasteiger partial charge in [0.1, 0.15) is 11.0 Å². The number of rotatable bonds is 7. The Morgan fingerprint density at radius 1 is 1.39 bits per heavy atom. The van der Waals surface area contributed by atoms with Crippen molar-refractivity contribution in [3.8, 4) is 0 Å². The minimum atomic E-state index is -1.57. The summed E-state index contributed by atoms with van der Waals surface area (Å²) in [7, 11) is 0. The number of furan rings is 1. The van der Waals surface area contributed by atoms with Gasteiger partial charge in [-0.1, -0.05) is 11.6 Å². The highest BCUT2D eigenvalue weighted by molar-refractivity contribution is 7.99. The van der Waals surface area contributed by atoms with E-state index in [0.29, 0.717) is 10.8 Å². The summed E-state index contributed by atoms with van der Waals surface area (Å²) < 4.78 is 10.1. The van der Waals surface area contributed by atoms with Crippen molar-refractivity contribution in [3.63, 3.8) is 0 Å². The third kappa shape index (κ3) is 4.49. The van der Waals surface area contributed by atoms with Gasteiger partial charge in [0, 0.05) is 14.8 Å². The van der Waals surface area contributed by atoms with Gasteiger partial charge in [-0.05, 0) is 43.3 Å². The number of hydrogen-bond acceptors (Lipinski definition) is 6. The van der Waals surface area contributed by atoms with E-state index in [1.807, 2.05) is 0 Å². The van der Waals surface area contributed by atoms with Gasteiger partial charge in [0.15, 0.2) is 0 Å². The number of carbonyl (C=O) groups is 1. The summed E-state index contributed by atoms with van der Waals surface area (Å²) in [5.41, 5.74) is 0. The molecule has 2 rings (SSSR count). The van der Waals surface area contributed by atoms with Crippen molar-refractivity contribution in [2.24, 2.45) is 0 Å². The average Bonchev–Trinajstić information content (AvgIpc) is 3.02. The first-order chi connectivity index (χ1) is 11.0. The van der Waals surface area contributed by atoms with Crippen LogP contribution in [-0.4, -0.2) is 23.5 Å². The van der Waals surface area contributed by atoms with Crippen LogP contribution in [0.3, 0.4) is 0 Å². The maximum atomic E-state index is 12.0. The second-order valence-corrected chi connectivity index (χ2v) is 6.14. The Balaban J connectivity index is 2.34. The Bertz CT molecular complexity index is 659. The highest BCUT2D eigenvalue weighted by Gasteiger charge is 2.43. The van der Waals surface area contributed by atoms with E-state index < -0.39 is 22.2 Å². The normalized spacial score (nSPS) is 13.3. The number of nitro groups is 1. The number of carbonyl (C=O) groups excluding carboxylic acids is 1. The molecular weight excluding hydrogens is 342 g/mol. The maximum Gasteiger partial charge on any atom is 0.383 e. The summed E-state index contributed by atoms with van der Waals surface area (Å²) in [6.07, 6.45) is 1.41. The van der Waals surface area contributed by atoms with Gasteiger partial charge in [-0.3, -0.25) is 10.1 Å². The smallest absolute Gasteiger partial charge is 0.383 e. The van der Waals surface area contributed by atoms with E-state index in [1.54, 1.807) is 43.3 Å². The van der Waals surface area contributed by atoms with Crippen LogP contribution in [0.2, 0.25) is 5.02 Å². The van der Waals surface area contributed by atoms with E-state index in [1.165, 1.54) is 6.26 Å². The fourth-order valence-corrected chi connectivity index (χ4v) is 3.24. The molecule has 2 aromatic rings. The first kappa shape index (κ1) is 17.4. The second-order valence-electron chi connectivity index (χ2n) is 4.49. The van der Waals surface area contributed by atoms with Crippen LogP contribution in [-0.2, 0) is 9.53 Å². The van der Waals surface area contributed by atoms with E-state index >= 15 is 0 Å². The minimum absolute atomic E-state index is 0.0691. The molecule has 0 fully saturated rings. The van der Waals surface area contributed by atoms with Crippen molar-refractivity contribution < 1.29 is 18.9 Å². The van der Waals surface area contributed by atoms with Crippen molar-refractivity contribution in [1.29, 1.82) is 0 Å². The molecule has 8 heteroatoms. The molecule has 6 nitrogen and oxygen atoms in total. The van der Waals surface area contributed by atoms with Crippen LogP contribution in [0.5, 0.6) is 0 Å². The molecule has 1 heterocycles. The molecule has 0 saturated heterocycles. The Morgan fingerprint density at radius 3 is 2.61 bits per heavy atom. The summed E-state index contributed by atoms with van der Waals surface area (Å²) >= 11 is 6.99. The van der Waals surface area contributed by atoms with Crippen LogP contribution in [0.15, 0.2) is 52.0 Å². The monoisotopic (exact) mass is 355 g/mol. The molecule has 1 aromatic heterocycles. The zero-order valence-corrected chi connectivity index (χ0v) is 13.8. The van der Waals surface area contributed by atoms with Crippen molar-refractivity contribution in [3.05, 3.63) is 63.6 Å². The molecule has 1 aromatic carbocycles. The van der Waals surface area contributed by atoms with Gasteiger partial charge in [-0.25, -0.2) is 4.79 Å². The Kier molecular flexibility index (Phi) is 6.06. The number of thioether (sulfide) groups is 1. The molecular formula is C15H14ClNO5S. The quantitative estimate of drug-likeness (QED) is 0.323. The van der Waals surface area contributed by atoms with Crippen molar-refractivity contribution >= 4 is 29.3 Å². The highest BCUT2D eigenvalue weighted by atomic mass is 35.5. The molecule has 0 aliphatic carbocycles. The van der Waals surface area contributed by atoms with E-state index in [-0.39, 0.29) is 6.61 Å². The van der Waals surface area contributed by atoms with E-state index in [0.717, 1.165) is 16.7 Å². The first-order valence-electron chi connectivity index (χ1n) is 6.78. The molecule has 122 valence electrons. The molecule has 0 aliphatic rings. The van der Waals surface area contributed by atoms with Crippen LogP contribution in [0.25, 0.3) is 0 Å². The van der Waals surface area contributed by atoms with Crippen LogP contribution in [0, 0.1) is 10.1 Å². The summed E-state index contributed by atoms with van der Waals surface area (Å²) in [5, 5.41) is 11.1. The number of hydrogen-bond donors (Lipinski definition) is 0. The Morgan fingerprint density at radius 2 is 2.09 bits per heavy atom. The third-order valence-corrected chi connectivity index (χ3v) is 4.48. The first-order valence-corrected chi connectivity index (χ1v) is 8.04. The van der Waals surface area contributed by atoms with Gasteiger partial charge in [0.2, 0.25) is 0 Å². The third-order valence-electron chi connectivity index (χ3n) is 2.94. The number of halogens is 1. The van der Waals surface area contributed by atoms with Crippen LogP contribution < -0.4 is 0 Å². The molecule has 0 N–H and O–H groups in total. The van der Waals surface area contributed by atoms with Crippen molar-refractivity contribution in [2.75, 3.05) is 6.61 Å². The number of benzene rings is 1. The van der Waals surface area contributed by atoms with Gasteiger partial charge in [-0.2, -0.15) is 0 Å². The van der Waals surface area contributed by atoms with E-state index in [9.17, 15) is 14.9 Å².